The van der Waals surface area contributed by atoms with Crippen LogP contribution in [0, 0.1) is 0 Å². The molecule has 0 unspecified atom stereocenters. The van der Waals surface area contributed by atoms with Gasteiger partial charge in [-0.2, -0.15) is 8.42 Å². The van der Waals surface area contributed by atoms with Gasteiger partial charge in [0.25, 0.3) is 10.0 Å². The summed E-state index contributed by atoms with van der Waals surface area (Å²) in [4.78, 5) is 0. The van der Waals surface area contributed by atoms with Crippen LogP contribution in [0.1, 0.15) is 5.56 Å². The molecule has 0 fully saturated rings. The fourth-order valence-electron chi connectivity index (χ4n) is 1.40. The molecule has 0 radical (unpaired) electrons. The second-order valence-electron chi connectivity index (χ2n) is 3.18. The molecule has 1 heterocycles. The molecule has 0 amide bonds. The molecule has 4 nitrogen and oxygen atoms in total. The van der Waals surface area contributed by atoms with Gasteiger partial charge in [0.1, 0.15) is 5.75 Å². The smallest absolute Gasteiger partial charge is 0.295 e. The number of sulfonamides is 1. The van der Waals surface area contributed by atoms with E-state index >= 15 is 0 Å². The molecule has 1 aromatic carbocycles. The molecule has 0 aliphatic carbocycles. The van der Waals surface area contributed by atoms with Crippen LogP contribution in [-0.2, 0) is 16.4 Å². The molecule has 0 spiro atoms. The molecule has 1 aliphatic heterocycles. The zero-order valence-corrected chi connectivity index (χ0v) is 9.85. The van der Waals surface area contributed by atoms with Crippen molar-refractivity contribution >= 4 is 27.7 Å². The predicted octanol–water partition coefficient (Wildman–Crippen LogP) is 1.34. The number of hydrogen-bond donors (Lipinski definition) is 1. The van der Waals surface area contributed by atoms with Gasteiger partial charge in [-0.25, -0.2) is 0 Å². The van der Waals surface area contributed by atoms with E-state index in [1.54, 1.807) is 12.1 Å². The number of fused-ring (bicyclic) bond motifs is 1. The van der Waals surface area contributed by atoms with E-state index in [1.807, 2.05) is 12.1 Å². The Hall–Kier alpha value is -1.40. The zero-order chi connectivity index (χ0) is 11.6. The van der Waals surface area contributed by atoms with Gasteiger partial charge in [0, 0.05) is 0 Å². The van der Waals surface area contributed by atoms with Crippen molar-refractivity contribution in [2.75, 3.05) is 0 Å². The minimum atomic E-state index is -3.65. The molecule has 16 heavy (non-hydrogen) atoms. The van der Waals surface area contributed by atoms with Gasteiger partial charge >= 0.3 is 0 Å². The highest BCUT2D eigenvalue weighted by Crippen LogP contribution is 2.27. The summed E-state index contributed by atoms with van der Waals surface area (Å²) in [6, 6.07) is 7.29. The molecule has 0 saturated heterocycles. The van der Waals surface area contributed by atoms with Crippen molar-refractivity contribution in [1.29, 1.82) is 0 Å². The fraction of sp³-hybridized carbons (Fsp3) is 0.100. The number of benzene rings is 1. The lowest BCUT2D eigenvalue weighted by Gasteiger charge is -2.17. The Morgan fingerprint density at radius 3 is 2.88 bits per heavy atom. The quantitative estimate of drug-likeness (QED) is 0.828. The van der Waals surface area contributed by atoms with Crippen molar-refractivity contribution in [3.8, 4) is 5.75 Å². The largest absolute Gasteiger partial charge is 0.443 e. The second kappa shape index (κ2) is 4.23. The number of nitrogens with one attached hydrogen (secondary N) is 1. The molecule has 0 bridgehead atoms. The van der Waals surface area contributed by atoms with E-state index in [4.69, 9.17) is 4.74 Å². The van der Waals surface area contributed by atoms with E-state index in [0.717, 1.165) is 11.1 Å². The molecule has 0 atom stereocenters. The van der Waals surface area contributed by atoms with Gasteiger partial charge in [-0.1, -0.05) is 30.4 Å². The van der Waals surface area contributed by atoms with E-state index < -0.39 is 10.0 Å². The summed E-state index contributed by atoms with van der Waals surface area (Å²) in [6.45, 7) is 0. The van der Waals surface area contributed by atoms with Crippen LogP contribution >= 0.6 is 12.2 Å². The summed E-state index contributed by atoms with van der Waals surface area (Å²) in [6.07, 6.45) is 2.05. The topological polar surface area (TPSA) is 55.4 Å². The highest BCUT2D eigenvalue weighted by atomic mass is 32.2. The Morgan fingerprint density at radius 2 is 2.12 bits per heavy atom. The fourth-order valence-corrected chi connectivity index (χ4v) is 2.53. The van der Waals surface area contributed by atoms with Crippen molar-refractivity contribution < 1.29 is 13.2 Å². The Labute approximate surface area is 99.0 Å². The van der Waals surface area contributed by atoms with Crippen LogP contribution in [0.2, 0.25) is 0 Å². The number of hydrogen-bond acceptors (Lipinski definition) is 4. The molecule has 2 rings (SSSR count). The standard InChI is InChI=1S/C10H9NO3S2/c12-16(13,11-7-15)10-6-5-8-3-1-2-4-9(8)14-10/h1-4,6-7H,5H2,(H,11,15). The van der Waals surface area contributed by atoms with Gasteiger partial charge in [0.05, 0.1) is 5.49 Å². The van der Waals surface area contributed by atoms with Crippen LogP contribution < -0.4 is 9.46 Å². The normalized spacial score (nSPS) is 14.4. The van der Waals surface area contributed by atoms with Crippen molar-refractivity contribution in [1.82, 2.24) is 4.72 Å². The minimum Gasteiger partial charge on any atom is -0.443 e. The first-order valence-electron chi connectivity index (χ1n) is 4.55. The Kier molecular flexibility index (Phi) is 2.93. The number of allylic oxidation sites excluding steroid dienone is 1. The lowest BCUT2D eigenvalue weighted by Crippen LogP contribution is -2.26. The van der Waals surface area contributed by atoms with E-state index in [2.05, 4.69) is 16.9 Å². The van der Waals surface area contributed by atoms with E-state index in [-0.39, 0.29) is 5.09 Å². The summed E-state index contributed by atoms with van der Waals surface area (Å²) < 4.78 is 30.6. The van der Waals surface area contributed by atoms with Gasteiger partial charge in [-0.3, -0.25) is 4.72 Å². The molecule has 0 saturated carbocycles. The lowest BCUT2D eigenvalue weighted by atomic mass is 10.1. The van der Waals surface area contributed by atoms with Gasteiger partial charge in [0.15, 0.2) is 0 Å². The number of para-hydroxylation sites is 1. The molecule has 1 aromatic rings. The highest BCUT2D eigenvalue weighted by Gasteiger charge is 2.22. The third-order valence-electron chi connectivity index (χ3n) is 2.14. The van der Waals surface area contributed by atoms with Crippen LogP contribution in [0.5, 0.6) is 5.75 Å². The average Bonchev–Trinajstić information content (AvgIpc) is 2.28. The maximum absolute atomic E-state index is 11.6. The summed E-state index contributed by atoms with van der Waals surface area (Å²) in [5.41, 5.74) is 1.91. The number of rotatable bonds is 3. The first kappa shape index (κ1) is 11.1. The molecule has 1 N–H and O–H groups in total. The molecular weight excluding hydrogens is 246 g/mol. The van der Waals surface area contributed by atoms with Crippen LogP contribution in [0.4, 0.5) is 0 Å². The highest BCUT2D eigenvalue weighted by molar-refractivity contribution is 7.94. The number of ether oxygens (including phenoxy) is 1. The summed E-state index contributed by atoms with van der Waals surface area (Å²) >= 11 is 4.45. The number of thiocarbonyl (C=S) groups is 1. The summed E-state index contributed by atoms with van der Waals surface area (Å²) in [7, 11) is -3.65. The second-order valence-corrected chi connectivity index (χ2v) is 5.06. The van der Waals surface area contributed by atoms with E-state index in [9.17, 15) is 8.42 Å². The minimum absolute atomic E-state index is 0.104. The molecule has 1 aliphatic rings. The Balaban J connectivity index is 2.31. The Morgan fingerprint density at radius 1 is 1.38 bits per heavy atom. The van der Waals surface area contributed by atoms with Crippen LogP contribution in [-0.4, -0.2) is 13.9 Å². The lowest BCUT2D eigenvalue weighted by molar-refractivity contribution is 0.433. The van der Waals surface area contributed by atoms with Crippen molar-refractivity contribution in [2.24, 2.45) is 0 Å². The summed E-state index contributed by atoms with van der Waals surface area (Å²) in [5, 5.41) is -0.104. The Bertz CT molecular complexity index is 549. The third kappa shape index (κ3) is 2.07. The van der Waals surface area contributed by atoms with Crippen molar-refractivity contribution in [2.45, 2.75) is 6.42 Å². The van der Waals surface area contributed by atoms with Gasteiger partial charge in [-0.05, 0) is 24.1 Å². The zero-order valence-electron chi connectivity index (χ0n) is 8.21. The van der Waals surface area contributed by atoms with Gasteiger partial charge in [-0.15, -0.1) is 0 Å². The third-order valence-corrected chi connectivity index (χ3v) is 3.61. The maximum atomic E-state index is 11.6. The average molecular weight is 255 g/mol. The first-order chi connectivity index (χ1) is 7.63. The predicted molar refractivity (Wildman–Crippen MR) is 64.6 cm³/mol. The van der Waals surface area contributed by atoms with Gasteiger partial charge in [0.2, 0.25) is 5.09 Å². The van der Waals surface area contributed by atoms with Crippen LogP contribution in [0.25, 0.3) is 0 Å². The molecular formula is C10H9NO3S2. The molecule has 0 aromatic heterocycles. The maximum Gasteiger partial charge on any atom is 0.295 e. The van der Waals surface area contributed by atoms with Gasteiger partial charge < -0.3 is 4.74 Å². The van der Waals surface area contributed by atoms with Crippen molar-refractivity contribution in [3.05, 3.63) is 41.0 Å². The van der Waals surface area contributed by atoms with Crippen molar-refractivity contribution in [3.63, 3.8) is 0 Å². The molecule has 6 heteroatoms. The van der Waals surface area contributed by atoms with E-state index in [0.29, 0.717) is 12.2 Å². The van der Waals surface area contributed by atoms with Crippen LogP contribution in [0.15, 0.2) is 35.4 Å². The monoisotopic (exact) mass is 255 g/mol. The van der Waals surface area contributed by atoms with Crippen LogP contribution in [0.3, 0.4) is 0 Å². The SMILES string of the molecule is O=S(=O)(NC=S)C1=CCc2ccccc2O1. The molecule has 84 valence electrons. The first-order valence-corrected chi connectivity index (χ1v) is 6.51. The van der Waals surface area contributed by atoms with E-state index in [1.165, 1.54) is 6.08 Å². The summed E-state index contributed by atoms with van der Waals surface area (Å²) in [5.74, 6) is 0.565.